The molecule has 5 heteroatoms. The number of carbonyl (C=O) groups is 2. The number of hydrogen-bond acceptors (Lipinski definition) is 3. The maximum absolute atomic E-state index is 11.5. The van der Waals surface area contributed by atoms with Gasteiger partial charge >= 0.3 is 5.97 Å². The van der Waals surface area contributed by atoms with Crippen LogP contribution < -0.4 is 5.32 Å². The summed E-state index contributed by atoms with van der Waals surface area (Å²) in [6, 6.07) is 6.94. The summed E-state index contributed by atoms with van der Waals surface area (Å²) in [7, 11) is 0. The van der Waals surface area contributed by atoms with Crippen LogP contribution >= 0.6 is 11.8 Å². The fourth-order valence-corrected chi connectivity index (χ4v) is 3.28. The molecule has 1 atom stereocenters. The minimum atomic E-state index is -0.920. The Morgan fingerprint density at radius 3 is 2.94 bits per heavy atom. The minimum absolute atomic E-state index is 0.0535. The van der Waals surface area contributed by atoms with Crippen molar-refractivity contribution in [2.24, 2.45) is 0 Å². The second-order valence-electron chi connectivity index (χ2n) is 4.24. The molecule has 1 amide bonds. The second-order valence-corrected chi connectivity index (χ2v) is 5.58. The maximum atomic E-state index is 11.5. The van der Waals surface area contributed by atoms with Crippen LogP contribution in [0.3, 0.4) is 0 Å². The van der Waals surface area contributed by atoms with Gasteiger partial charge in [0.2, 0.25) is 5.91 Å². The average molecular weight is 265 g/mol. The Labute approximate surface area is 110 Å². The van der Waals surface area contributed by atoms with Crippen LogP contribution in [0.4, 0.5) is 0 Å². The summed E-state index contributed by atoms with van der Waals surface area (Å²) in [4.78, 5) is 23.3. The first kappa shape index (κ1) is 13.0. The van der Waals surface area contributed by atoms with Crippen LogP contribution in [-0.2, 0) is 4.79 Å². The number of amides is 1. The number of thioether (sulfide) groups is 1. The van der Waals surface area contributed by atoms with E-state index in [9.17, 15) is 9.59 Å². The Balaban J connectivity index is 2.13. The van der Waals surface area contributed by atoms with Crippen LogP contribution in [0.15, 0.2) is 29.2 Å². The van der Waals surface area contributed by atoms with Crippen LogP contribution in [0.1, 0.15) is 29.6 Å². The molecule has 1 aliphatic rings. The van der Waals surface area contributed by atoms with Gasteiger partial charge in [0.1, 0.15) is 0 Å². The molecular weight excluding hydrogens is 250 g/mol. The third-order valence-corrected chi connectivity index (χ3v) is 4.19. The standard InChI is InChI=1S/C13H15NO3S/c15-12-8-9(4-3-7-14-12)18-11-6-2-1-5-10(11)13(16)17/h1-2,5-6,9H,3-4,7-8H2,(H,14,15)(H,16,17). The molecule has 1 aromatic rings. The normalized spacial score (nSPS) is 20.0. The molecular formula is C13H15NO3S. The number of carbonyl (C=O) groups excluding carboxylic acids is 1. The van der Waals surface area contributed by atoms with Gasteiger partial charge in [0.25, 0.3) is 0 Å². The lowest BCUT2D eigenvalue weighted by molar-refractivity contribution is -0.120. The van der Waals surface area contributed by atoms with Gasteiger partial charge in [0.05, 0.1) is 5.56 Å². The number of aromatic carboxylic acids is 1. The summed E-state index contributed by atoms with van der Waals surface area (Å²) in [5.41, 5.74) is 0.312. The van der Waals surface area contributed by atoms with Gasteiger partial charge in [-0.1, -0.05) is 12.1 Å². The van der Waals surface area contributed by atoms with Crippen LogP contribution in [-0.4, -0.2) is 28.8 Å². The molecule has 1 fully saturated rings. The molecule has 0 aromatic heterocycles. The van der Waals surface area contributed by atoms with E-state index in [2.05, 4.69) is 5.32 Å². The van der Waals surface area contributed by atoms with E-state index >= 15 is 0 Å². The topological polar surface area (TPSA) is 66.4 Å². The zero-order valence-corrected chi connectivity index (χ0v) is 10.7. The summed E-state index contributed by atoms with van der Waals surface area (Å²) >= 11 is 1.49. The molecule has 0 saturated carbocycles. The molecule has 1 heterocycles. The lowest BCUT2D eigenvalue weighted by Crippen LogP contribution is -2.22. The lowest BCUT2D eigenvalue weighted by atomic mass is 10.2. The highest BCUT2D eigenvalue weighted by Gasteiger charge is 2.20. The van der Waals surface area contributed by atoms with E-state index in [0.717, 1.165) is 24.3 Å². The van der Waals surface area contributed by atoms with Crippen LogP contribution in [0.2, 0.25) is 0 Å². The van der Waals surface area contributed by atoms with Crippen molar-refractivity contribution in [3.05, 3.63) is 29.8 Å². The van der Waals surface area contributed by atoms with E-state index in [4.69, 9.17) is 5.11 Å². The summed E-state index contributed by atoms with van der Waals surface area (Å²) in [5.74, 6) is -0.867. The van der Waals surface area contributed by atoms with Crippen molar-refractivity contribution < 1.29 is 14.7 Å². The van der Waals surface area contributed by atoms with Gasteiger partial charge in [-0.2, -0.15) is 0 Å². The van der Waals surface area contributed by atoms with Crippen LogP contribution in [0.5, 0.6) is 0 Å². The highest BCUT2D eigenvalue weighted by atomic mass is 32.2. The van der Waals surface area contributed by atoms with Crippen molar-refractivity contribution in [3.8, 4) is 0 Å². The van der Waals surface area contributed by atoms with Crippen molar-refractivity contribution in [2.75, 3.05) is 6.54 Å². The van der Waals surface area contributed by atoms with Crippen molar-refractivity contribution >= 4 is 23.6 Å². The van der Waals surface area contributed by atoms with Crippen molar-refractivity contribution in [2.45, 2.75) is 29.4 Å². The zero-order valence-electron chi connectivity index (χ0n) is 9.89. The van der Waals surface area contributed by atoms with E-state index in [-0.39, 0.29) is 11.2 Å². The molecule has 1 unspecified atom stereocenters. The number of hydrogen-bond donors (Lipinski definition) is 2. The van der Waals surface area contributed by atoms with Gasteiger partial charge in [-0.25, -0.2) is 4.79 Å². The maximum Gasteiger partial charge on any atom is 0.336 e. The SMILES string of the molecule is O=C1CC(Sc2ccccc2C(=O)O)CCCN1. The first-order valence-electron chi connectivity index (χ1n) is 5.92. The minimum Gasteiger partial charge on any atom is -0.478 e. The Morgan fingerprint density at radius 1 is 1.39 bits per heavy atom. The Kier molecular flexibility index (Phi) is 4.25. The van der Waals surface area contributed by atoms with Gasteiger partial charge in [0.15, 0.2) is 0 Å². The lowest BCUT2D eigenvalue weighted by Gasteiger charge is -2.13. The number of carboxylic acid groups (broad SMARTS) is 1. The molecule has 1 saturated heterocycles. The Hall–Kier alpha value is -1.49. The molecule has 2 N–H and O–H groups in total. The highest BCUT2D eigenvalue weighted by Crippen LogP contribution is 2.31. The Bertz CT molecular complexity index is 461. The molecule has 1 aromatic carbocycles. The average Bonchev–Trinajstić information content (AvgIpc) is 2.54. The van der Waals surface area contributed by atoms with E-state index in [1.165, 1.54) is 11.8 Å². The zero-order chi connectivity index (χ0) is 13.0. The van der Waals surface area contributed by atoms with Gasteiger partial charge in [0, 0.05) is 23.1 Å². The second kappa shape index (κ2) is 5.91. The molecule has 2 rings (SSSR count). The predicted octanol–water partition coefficient (Wildman–Crippen LogP) is 2.15. The van der Waals surface area contributed by atoms with E-state index in [1.54, 1.807) is 18.2 Å². The summed E-state index contributed by atoms with van der Waals surface area (Å²) in [6.45, 7) is 0.719. The highest BCUT2D eigenvalue weighted by molar-refractivity contribution is 8.00. The van der Waals surface area contributed by atoms with E-state index < -0.39 is 5.97 Å². The summed E-state index contributed by atoms with van der Waals surface area (Å²) in [6.07, 6.45) is 2.33. The molecule has 0 radical (unpaired) electrons. The summed E-state index contributed by atoms with van der Waals surface area (Å²) < 4.78 is 0. The van der Waals surface area contributed by atoms with E-state index in [1.807, 2.05) is 6.07 Å². The first-order chi connectivity index (χ1) is 8.66. The van der Waals surface area contributed by atoms with Crippen molar-refractivity contribution in [3.63, 3.8) is 0 Å². The van der Waals surface area contributed by atoms with E-state index in [0.29, 0.717) is 12.0 Å². The first-order valence-corrected chi connectivity index (χ1v) is 6.80. The largest absolute Gasteiger partial charge is 0.478 e. The van der Waals surface area contributed by atoms with Gasteiger partial charge in [-0.05, 0) is 25.0 Å². The van der Waals surface area contributed by atoms with Crippen molar-refractivity contribution in [1.29, 1.82) is 0 Å². The monoisotopic (exact) mass is 265 g/mol. The van der Waals surface area contributed by atoms with Gasteiger partial charge in [-0.3, -0.25) is 4.79 Å². The third-order valence-electron chi connectivity index (χ3n) is 2.85. The quantitative estimate of drug-likeness (QED) is 0.878. The fraction of sp³-hybridized carbons (Fsp3) is 0.385. The molecule has 18 heavy (non-hydrogen) atoms. The summed E-state index contributed by atoms with van der Waals surface area (Å²) in [5, 5.41) is 12.1. The molecule has 0 aliphatic carbocycles. The van der Waals surface area contributed by atoms with Crippen LogP contribution in [0, 0.1) is 0 Å². The molecule has 96 valence electrons. The van der Waals surface area contributed by atoms with Gasteiger partial charge < -0.3 is 10.4 Å². The predicted molar refractivity (Wildman–Crippen MR) is 69.9 cm³/mol. The third kappa shape index (κ3) is 3.26. The van der Waals surface area contributed by atoms with Crippen molar-refractivity contribution in [1.82, 2.24) is 5.32 Å². The fourth-order valence-electron chi connectivity index (χ4n) is 1.96. The number of benzene rings is 1. The number of carboxylic acids is 1. The molecule has 4 nitrogen and oxygen atoms in total. The van der Waals surface area contributed by atoms with Gasteiger partial charge in [-0.15, -0.1) is 11.8 Å². The Morgan fingerprint density at radius 2 is 2.17 bits per heavy atom. The smallest absolute Gasteiger partial charge is 0.336 e. The molecule has 0 bridgehead atoms. The molecule has 0 spiro atoms. The number of nitrogens with one attached hydrogen (secondary N) is 1. The van der Waals surface area contributed by atoms with Crippen LogP contribution in [0.25, 0.3) is 0 Å². The molecule has 1 aliphatic heterocycles. The number of rotatable bonds is 3.